The van der Waals surface area contributed by atoms with Gasteiger partial charge in [-0.05, 0) is 74.3 Å². The van der Waals surface area contributed by atoms with E-state index >= 15 is 0 Å². The SMILES string of the molecule is CCN1CC[C@@H]2[C@@H](CC1)c1cc(S(=O)(=O)c3cccc(C)c3)ccc1N2C. The lowest BCUT2D eigenvalue weighted by Gasteiger charge is -2.25. The molecule has 0 spiro atoms. The van der Waals surface area contributed by atoms with Crippen molar-refractivity contribution in [3.05, 3.63) is 53.6 Å². The Hall–Kier alpha value is -1.85. The topological polar surface area (TPSA) is 40.6 Å². The Labute approximate surface area is 162 Å². The maximum absolute atomic E-state index is 13.2. The third kappa shape index (κ3) is 3.17. The molecular weight excluding hydrogens is 356 g/mol. The highest BCUT2D eigenvalue weighted by Crippen LogP contribution is 2.45. The Bertz CT molecular complexity index is 955. The molecule has 2 heterocycles. The number of fused-ring (bicyclic) bond motifs is 3. The molecule has 0 amide bonds. The third-order valence-electron chi connectivity index (χ3n) is 6.30. The molecular formula is C22H28N2O2S. The van der Waals surface area contributed by atoms with Gasteiger partial charge in [-0.1, -0.05) is 19.1 Å². The summed E-state index contributed by atoms with van der Waals surface area (Å²) in [6.07, 6.45) is 2.22. The molecule has 0 unspecified atom stereocenters. The lowest BCUT2D eigenvalue weighted by atomic mass is 9.91. The van der Waals surface area contributed by atoms with Crippen molar-refractivity contribution in [1.82, 2.24) is 4.90 Å². The summed E-state index contributed by atoms with van der Waals surface area (Å²) in [5, 5.41) is 0. The molecule has 4 rings (SSSR count). The first-order valence-corrected chi connectivity index (χ1v) is 11.3. The molecule has 5 heteroatoms. The number of hydrogen-bond donors (Lipinski definition) is 0. The van der Waals surface area contributed by atoms with Crippen molar-refractivity contribution >= 4 is 15.5 Å². The van der Waals surface area contributed by atoms with E-state index in [9.17, 15) is 8.42 Å². The number of rotatable bonds is 3. The smallest absolute Gasteiger partial charge is 0.206 e. The van der Waals surface area contributed by atoms with Gasteiger partial charge in [0.05, 0.1) is 9.79 Å². The quantitative estimate of drug-likeness (QED) is 0.806. The van der Waals surface area contributed by atoms with Gasteiger partial charge in [0.25, 0.3) is 0 Å². The standard InChI is InChI=1S/C22H28N2O2S/c1-4-24-12-10-19-20-15-18(8-9-21(20)23(3)22(19)11-13-24)27(25,26)17-7-5-6-16(2)14-17/h5-9,14-15,19,22H,4,10-13H2,1-3H3/t19-,22+/m0/s1. The van der Waals surface area contributed by atoms with Gasteiger partial charge in [0.2, 0.25) is 9.84 Å². The zero-order valence-corrected chi connectivity index (χ0v) is 17.2. The molecule has 0 radical (unpaired) electrons. The van der Waals surface area contributed by atoms with Crippen LogP contribution in [0.5, 0.6) is 0 Å². The average Bonchev–Trinajstić information content (AvgIpc) is 2.82. The van der Waals surface area contributed by atoms with E-state index in [1.807, 2.05) is 31.2 Å². The Morgan fingerprint density at radius 2 is 1.78 bits per heavy atom. The normalized spacial score (nSPS) is 23.0. The molecule has 2 aliphatic rings. The van der Waals surface area contributed by atoms with Gasteiger partial charge in [-0.2, -0.15) is 0 Å². The molecule has 0 aliphatic carbocycles. The summed E-state index contributed by atoms with van der Waals surface area (Å²) in [6.45, 7) is 7.42. The fourth-order valence-corrected chi connectivity index (χ4v) is 6.10. The molecule has 27 heavy (non-hydrogen) atoms. The van der Waals surface area contributed by atoms with Crippen LogP contribution in [0.2, 0.25) is 0 Å². The lowest BCUT2D eigenvalue weighted by molar-refractivity contribution is 0.298. The fraction of sp³-hybridized carbons (Fsp3) is 0.455. The first-order valence-electron chi connectivity index (χ1n) is 9.82. The van der Waals surface area contributed by atoms with E-state index in [0.29, 0.717) is 21.8 Å². The molecule has 0 aromatic heterocycles. The van der Waals surface area contributed by atoms with Crippen LogP contribution in [0.25, 0.3) is 0 Å². The first kappa shape index (κ1) is 18.5. The average molecular weight is 385 g/mol. The van der Waals surface area contributed by atoms with E-state index in [1.165, 1.54) is 11.3 Å². The van der Waals surface area contributed by atoms with Gasteiger partial charge in [0.1, 0.15) is 0 Å². The number of anilines is 1. The van der Waals surface area contributed by atoms with Crippen molar-refractivity contribution in [2.24, 2.45) is 0 Å². The molecule has 0 bridgehead atoms. The van der Waals surface area contributed by atoms with E-state index in [4.69, 9.17) is 0 Å². The van der Waals surface area contributed by atoms with Crippen molar-refractivity contribution in [3.63, 3.8) is 0 Å². The predicted molar refractivity (Wildman–Crippen MR) is 109 cm³/mol. The summed E-state index contributed by atoms with van der Waals surface area (Å²) >= 11 is 0. The zero-order valence-electron chi connectivity index (χ0n) is 16.4. The second-order valence-corrected chi connectivity index (χ2v) is 9.79. The van der Waals surface area contributed by atoms with Crippen LogP contribution in [-0.4, -0.2) is 46.0 Å². The molecule has 2 aromatic carbocycles. The van der Waals surface area contributed by atoms with Crippen molar-refractivity contribution < 1.29 is 8.42 Å². The Morgan fingerprint density at radius 1 is 1.04 bits per heavy atom. The van der Waals surface area contributed by atoms with E-state index < -0.39 is 9.84 Å². The van der Waals surface area contributed by atoms with E-state index in [-0.39, 0.29) is 0 Å². The number of benzene rings is 2. The van der Waals surface area contributed by atoms with Crippen molar-refractivity contribution in [1.29, 1.82) is 0 Å². The minimum atomic E-state index is -3.49. The fourth-order valence-electron chi connectivity index (χ4n) is 4.70. The monoisotopic (exact) mass is 384 g/mol. The molecule has 2 aromatic rings. The number of sulfone groups is 1. The maximum Gasteiger partial charge on any atom is 0.206 e. The Kier molecular flexibility index (Phi) is 4.77. The highest BCUT2D eigenvalue weighted by atomic mass is 32.2. The minimum Gasteiger partial charge on any atom is -0.371 e. The van der Waals surface area contributed by atoms with Gasteiger partial charge < -0.3 is 9.80 Å². The maximum atomic E-state index is 13.2. The van der Waals surface area contributed by atoms with Crippen LogP contribution in [0, 0.1) is 6.92 Å². The molecule has 0 N–H and O–H groups in total. The van der Waals surface area contributed by atoms with E-state index in [0.717, 1.165) is 38.0 Å². The van der Waals surface area contributed by atoms with Crippen molar-refractivity contribution in [3.8, 4) is 0 Å². The van der Waals surface area contributed by atoms with Crippen LogP contribution in [0.4, 0.5) is 5.69 Å². The van der Waals surface area contributed by atoms with Gasteiger partial charge in [-0.3, -0.25) is 0 Å². The van der Waals surface area contributed by atoms with Crippen LogP contribution in [0.15, 0.2) is 52.3 Å². The Morgan fingerprint density at radius 3 is 2.52 bits per heavy atom. The van der Waals surface area contributed by atoms with Crippen molar-refractivity contribution in [2.75, 3.05) is 31.6 Å². The number of nitrogens with zero attached hydrogens (tertiary/aromatic N) is 2. The van der Waals surface area contributed by atoms with Gasteiger partial charge in [0.15, 0.2) is 0 Å². The zero-order chi connectivity index (χ0) is 19.2. The summed E-state index contributed by atoms with van der Waals surface area (Å²) in [5.74, 6) is 0.411. The Balaban J connectivity index is 1.73. The highest BCUT2D eigenvalue weighted by Gasteiger charge is 2.38. The number of aryl methyl sites for hydroxylation is 1. The summed E-state index contributed by atoms with van der Waals surface area (Å²) in [4.78, 5) is 5.65. The van der Waals surface area contributed by atoms with Crippen LogP contribution >= 0.6 is 0 Å². The number of likely N-dealkylation sites (N-methyl/N-ethyl adjacent to an activating group) is 1. The van der Waals surface area contributed by atoms with Crippen LogP contribution in [0.1, 0.15) is 36.8 Å². The van der Waals surface area contributed by atoms with Gasteiger partial charge >= 0.3 is 0 Å². The highest BCUT2D eigenvalue weighted by molar-refractivity contribution is 7.91. The second kappa shape index (κ2) is 6.95. The summed E-state index contributed by atoms with van der Waals surface area (Å²) in [6, 6.07) is 13.4. The van der Waals surface area contributed by atoms with Crippen LogP contribution in [-0.2, 0) is 9.84 Å². The van der Waals surface area contributed by atoms with E-state index in [1.54, 1.807) is 18.2 Å². The minimum absolute atomic E-state index is 0.378. The first-order chi connectivity index (χ1) is 12.9. The summed E-state index contributed by atoms with van der Waals surface area (Å²) < 4.78 is 26.3. The summed E-state index contributed by atoms with van der Waals surface area (Å²) in [5.41, 5.74) is 3.35. The number of likely N-dealkylation sites (tertiary alicyclic amines) is 1. The molecule has 2 atom stereocenters. The van der Waals surface area contributed by atoms with Crippen molar-refractivity contribution in [2.45, 2.75) is 48.4 Å². The van der Waals surface area contributed by atoms with Gasteiger partial charge in [-0.25, -0.2) is 8.42 Å². The molecule has 1 saturated heterocycles. The number of hydrogen-bond acceptors (Lipinski definition) is 4. The largest absolute Gasteiger partial charge is 0.371 e. The molecule has 1 fully saturated rings. The molecule has 144 valence electrons. The summed E-state index contributed by atoms with van der Waals surface area (Å²) in [7, 11) is -1.34. The molecule has 4 nitrogen and oxygen atoms in total. The second-order valence-electron chi connectivity index (χ2n) is 7.84. The van der Waals surface area contributed by atoms with Gasteiger partial charge in [-0.15, -0.1) is 0 Å². The third-order valence-corrected chi connectivity index (χ3v) is 8.04. The molecule has 0 saturated carbocycles. The van der Waals surface area contributed by atoms with Crippen LogP contribution < -0.4 is 4.90 Å². The lowest BCUT2D eigenvalue weighted by Crippen LogP contribution is -2.31. The predicted octanol–water partition coefficient (Wildman–Crippen LogP) is 3.85. The molecule has 2 aliphatic heterocycles. The van der Waals surface area contributed by atoms with Crippen LogP contribution in [0.3, 0.4) is 0 Å². The van der Waals surface area contributed by atoms with E-state index in [2.05, 4.69) is 23.8 Å². The van der Waals surface area contributed by atoms with Gasteiger partial charge in [0, 0.05) is 31.2 Å².